The maximum absolute atomic E-state index is 3.36. The Labute approximate surface area is 114 Å². The third-order valence-electron chi connectivity index (χ3n) is 3.81. The highest BCUT2D eigenvalue weighted by Crippen LogP contribution is 2.25. The minimum Gasteiger partial charge on any atom is -0.361 e. The zero-order valence-corrected chi connectivity index (χ0v) is 11.5. The van der Waals surface area contributed by atoms with Crippen molar-refractivity contribution < 1.29 is 0 Å². The first-order valence-corrected chi connectivity index (χ1v) is 6.85. The summed E-state index contributed by atoms with van der Waals surface area (Å²) in [6.07, 6.45) is 3.23. The standard InChI is InChI=1S/C18H19N/c1-13-6-5-7-15(10-13)14(2)11-16-12-19-18-9-4-3-8-17(16)18/h3-10,12,14,19H,11H2,1-2H3/t14-/m1/s1. The summed E-state index contributed by atoms with van der Waals surface area (Å²) in [5.41, 5.74) is 5.40. The monoisotopic (exact) mass is 249 g/mol. The van der Waals surface area contributed by atoms with E-state index in [1.807, 2.05) is 0 Å². The first kappa shape index (κ1) is 12.0. The highest BCUT2D eigenvalue weighted by atomic mass is 14.7. The van der Waals surface area contributed by atoms with Gasteiger partial charge in [-0.2, -0.15) is 0 Å². The van der Waals surface area contributed by atoms with E-state index >= 15 is 0 Å². The number of hydrogen-bond acceptors (Lipinski definition) is 0. The zero-order chi connectivity index (χ0) is 13.2. The third kappa shape index (κ3) is 2.41. The van der Waals surface area contributed by atoms with Gasteiger partial charge in [0.25, 0.3) is 0 Å². The molecule has 19 heavy (non-hydrogen) atoms. The van der Waals surface area contributed by atoms with Gasteiger partial charge in [0, 0.05) is 17.1 Å². The second kappa shape index (κ2) is 4.93. The van der Waals surface area contributed by atoms with E-state index in [9.17, 15) is 0 Å². The van der Waals surface area contributed by atoms with Crippen LogP contribution in [0.3, 0.4) is 0 Å². The molecule has 0 bridgehead atoms. The van der Waals surface area contributed by atoms with Gasteiger partial charge in [0.2, 0.25) is 0 Å². The van der Waals surface area contributed by atoms with Gasteiger partial charge in [-0.1, -0.05) is 55.0 Å². The fraction of sp³-hybridized carbons (Fsp3) is 0.222. The fourth-order valence-electron chi connectivity index (χ4n) is 2.72. The Hall–Kier alpha value is -2.02. The second-order valence-electron chi connectivity index (χ2n) is 5.38. The van der Waals surface area contributed by atoms with Crippen LogP contribution in [0.1, 0.15) is 29.5 Å². The smallest absolute Gasteiger partial charge is 0.0456 e. The highest BCUT2D eigenvalue weighted by Gasteiger charge is 2.10. The molecule has 2 aromatic carbocycles. The van der Waals surface area contributed by atoms with Gasteiger partial charge in [0.1, 0.15) is 0 Å². The maximum Gasteiger partial charge on any atom is 0.0456 e. The number of rotatable bonds is 3. The summed E-state index contributed by atoms with van der Waals surface area (Å²) in [6.45, 7) is 4.46. The van der Waals surface area contributed by atoms with E-state index in [1.165, 1.54) is 27.6 Å². The SMILES string of the molecule is Cc1cccc([C@H](C)Cc2c[nH]c3ccccc23)c1. The highest BCUT2D eigenvalue weighted by molar-refractivity contribution is 5.83. The minimum absolute atomic E-state index is 0.541. The summed E-state index contributed by atoms with van der Waals surface area (Å²) >= 11 is 0. The molecule has 1 heteroatoms. The Morgan fingerprint density at radius 2 is 1.89 bits per heavy atom. The number of nitrogens with one attached hydrogen (secondary N) is 1. The lowest BCUT2D eigenvalue weighted by Crippen LogP contribution is -1.98. The number of aromatic nitrogens is 1. The van der Waals surface area contributed by atoms with E-state index in [2.05, 4.69) is 73.6 Å². The van der Waals surface area contributed by atoms with Crippen molar-refractivity contribution in [2.24, 2.45) is 0 Å². The summed E-state index contributed by atoms with van der Waals surface area (Å²) in [5.74, 6) is 0.541. The molecule has 1 aromatic heterocycles. The molecule has 0 aliphatic heterocycles. The van der Waals surface area contributed by atoms with E-state index in [4.69, 9.17) is 0 Å². The summed E-state index contributed by atoms with van der Waals surface area (Å²) in [7, 11) is 0. The van der Waals surface area contributed by atoms with Crippen molar-refractivity contribution in [1.82, 2.24) is 4.98 Å². The maximum atomic E-state index is 3.36. The van der Waals surface area contributed by atoms with Crippen LogP contribution in [0.2, 0.25) is 0 Å². The number of hydrogen-bond donors (Lipinski definition) is 1. The molecule has 0 radical (unpaired) electrons. The van der Waals surface area contributed by atoms with Crippen LogP contribution in [-0.2, 0) is 6.42 Å². The number of H-pyrrole nitrogens is 1. The van der Waals surface area contributed by atoms with Crippen LogP contribution in [0.5, 0.6) is 0 Å². The normalized spacial score (nSPS) is 12.7. The quantitative estimate of drug-likeness (QED) is 0.684. The summed E-state index contributed by atoms with van der Waals surface area (Å²) in [4.78, 5) is 3.36. The number of aryl methyl sites for hydroxylation is 1. The van der Waals surface area contributed by atoms with Crippen LogP contribution >= 0.6 is 0 Å². The molecule has 1 heterocycles. The molecule has 0 saturated carbocycles. The first-order chi connectivity index (χ1) is 9.24. The summed E-state index contributed by atoms with van der Waals surface area (Å²) in [5, 5.41) is 1.35. The van der Waals surface area contributed by atoms with E-state index in [0.29, 0.717) is 5.92 Å². The Kier molecular flexibility index (Phi) is 3.12. The number of para-hydroxylation sites is 1. The van der Waals surface area contributed by atoms with Crippen LogP contribution in [0.15, 0.2) is 54.7 Å². The fourth-order valence-corrected chi connectivity index (χ4v) is 2.72. The predicted molar refractivity (Wildman–Crippen MR) is 81.6 cm³/mol. The molecular weight excluding hydrogens is 230 g/mol. The first-order valence-electron chi connectivity index (χ1n) is 6.85. The molecule has 3 aromatic rings. The number of benzene rings is 2. The molecule has 0 spiro atoms. The lowest BCUT2D eigenvalue weighted by molar-refractivity contribution is 0.762. The van der Waals surface area contributed by atoms with E-state index < -0.39 is 0 Å². The summed E-state index contributed by atoms with van der Waals surface area (Å²) < 4.78 is 0. The van der Waals surface area contributed by atoms with Gasteiger partial charge >= 0.3 is 0 Å². The van der Waals surface area contributed by atoms with Crippen molar-refractivity contribution >= 4 is 10.9 Å². The Bertz CT molecular complexity index is 693. The van der Waals surface area contributed by atoms with Gasteiger partial charge in [-0.15, -0.1) is 0 Å². The van der Waals surface area contributed by atoms with E-state index in [-0.39, 0.29) is 0 Å². The zero-order valence-electron chi connectivity index (χ0n) is 11.5. The van der Waals surface area contributed by atoms with E-state index in [0.717, 1.165) is 6.42 Å². The molecule has 0 unspecified atom stereocenters. The van der Waals surface area contributed by atoms with E-state index in [1.54, 1.807) is 0 Å². The Morgan fingerprint density at radius 1 is 1.05 bits per heavy atom. The number of fused-ring (bicyclic) bond motifs is 1. The van der Waals surface area contributed by atoms with Crippen molar-refractivity contribution in [2.45, 2.75) is 26.2 Å². The van der Waals surface area contributed by atoms with Crippen molar-refractivity contribution in [3.63, 3.8) is 0 Å². The van der Waals surface area contributed by atoms with Gasteiger partial charge < -0.3 is 4.98 Å². The molecule has 0 aliphatic rings. The molecule has 1 nitrogen and oxygen atoms in total. The molecule has 3 rings (SSSR count). The third-order valence-corrected chi connectivity index (χ3v) is 3.81. The predicted octanol–water partition coefficient (Wildman–Crippen LogP) is 4.82. The molecule has 1 atom stereocenters. The van der Waals surface area contributed by atoms with Gasteiger partial charge in [0.05, 0.1) is 0 Å². The van der Waals surface area contributed by atoms with Crippen LogP contribution in [0, 0.1) is 6.92 Å². The Morgan fingerprint density at radius 3 is 2.74 bits per heavy atom. The molecule has 0 amide bonds. The lowest BCUT2D eigenvalue weighted by atomic mass is 9.93. The van der Waals surface area contributed by atoms with Crippen LogP contribution in [0.25, 0.3) is 10.9 Å². The minimum atomic E-state index is 0.541. The molecule has 0 fully saturated rings. The van der Waals surface area contributed by atoms with Gasteiger partial charge in [0.15, 0.2) is 0 Å². The average Bonchev–Trinajstić information content (AvgIpc) is 2.82. The molecule has 0 aliphatic carbocycles. The van der Waals surface area contributed by atoms with Crippen molar-refractivity contribution in [2.75, 3.05) is 0 Å². The van der Waals surface area contributed by atoms with Crippen LogP contribution in [0.4, 0.5) is 0 Å². The largest absolute Gasteiger partial charge is 0.361 e. The van der Waals surface area contributed by atoms with Crippen LogP contribution in [-0.4, -0.2) is 4.98 Å². The van der Waals surface area contributed by atoms with Crippen molar-refractivity contribution in [3.8, 4) is 0 Å². The Balaban J connectivity index is 1.89. The average molecular weight is 249 g/mol. The van der Waals surface area contributed by atoms with Crippen molar-refractivity contribution in [3.05, 3.63) is 71.4 Å². The number of aromatic amines is 1. The van der Waals surface area contributed by atoms with Gasteiger partial charge in [-0.3, -0.25) is 0 Å². The van der Waals surface area contributed by atoms with Crippen LogP contribution < -0.4 is 0 Å². The topological polar surface area (TPSA) is 15.8 Å². The van der Waals surface area contributed by atoms with Crippen molar-refractivity contribution in [1.29, 1.82) is 0 Å². The lowest BCUT2D eigenvalue weighted by Gasteiger charge is -2.12. The molecule has 0 saturated heterocycles. The molecule has 1 N–H and O–H groups in total. The molecule has 96 valence electrons. The second-order valence-corrected chi connectivity index (χ2v) is 5.38. The van der Waals surface area contributed by atoms with Gasteiger partial charge in [-0.25, -0.2) is 0 Å². The van der Waals surface area contributed by atoms with Gasteiger partial charge in [-0.05, 0) is 36.5 Å². The summed E-state index contributed by atoms with van der Waals surface area (Å²) in [6, 6.07) is 17.3. The molecular formula is C18H19N.